The summed E-state index contributed by atoms with van der Waals surface area (Å²) in [5, 5.41) is 4.52. The average Bonchev–Trinajstić information content (AvgIpc) is 2.67. The quantitative estimate of drug-likeness (QED) is 0.925. The molecule has 1 aliphatic rings. The van der Waals surface area contributed by atoms with Gasteiger partial charge in [-0.3, -0.25) is 4.68 Å². The summed E-state index contributed by atoms with van der Waals surface area (Å²) in [6.45, 7) is 3.82. The van der Waals surface area contributed by atoms with Crippen molar-refractivity contribution in [1.29, 1.82) is 0 Å². The predicted molar refractivity (Wildman–Crippen MR) is 75.5 cm³/mol. The van der Waals surface area contributed by atoms with Gasteiger partial charge in [0.2, 0.25) is 0 Å². The first kappa shape index (κ1) is 14.0. The van der Waals surface area contributed by atoms with Crippen LogP contribution in [0.5, 0.6) is 0 Å². The Bertz CT molecular complexity index is 399. The molecule has 102 valence electrons. The molecule has 1 atom stereocenters. The highest BCUT2D eigenvalue weighted by atomic mass is 79.9. The third-order valence-corrected chi connectivity index (χ3v) is 4.72. The summed E-state index contributed by atoms with van der Waals surface area (Å²) in [5.74, 6) is 0.575. The molecule has 1 aromatic rings. The van der Waals surface area contributed by atoms with Crippen LogP contribution in [0.3, 0.4) is 0 Å². The van der Waals surface area contributed by atoms with Gasteiger partial charge in [-0.2, -0.15) is 5.10 Å². The van der Waals surface area contributed by atoms with Crippen molar-refractivity contribution in [3.63, 3.8) is 0 Å². The Balaban J connectivity index is 2.06. The lowest BCUT2D eigenvalue weighted by Crippen LogP contribution is -2.36. The molecule has 5 heteroatoms. The zero-order valence-corrected chi connectivity index (χ0v) is 12.7. The van der Waals surface area contributed by atoms with Crippen LogP contribution in [0.2, 0.25) is 0 Å². The molecule has 2 rings (SSSR count). The number of nitrogens with zero attached hydrogens (tertiary/aromatic N) is 2. The molecule has 0 spiro atoms. The first-order chi connectivity index (χ1) is 8.63. The van der Waals surface area contributed by atoms with E-state index in [9.17, 15) is 0 Å². The van der Waals surface area contributed by atoms with Crippen molar-refractivity contribution < 1.29 is 4.74 Å². The van der Waals surface area contributed by atoms with Crippen molar-refractivity contribution in [3.8, 4) is 0 Å². The number of rotatable bonds is 4. The molecule has 0 radical (unpaired) electrons. The molecule has 1 saturated heterocycles. The first-order valence-corrected chi connectivity index (χ1v) is 7.46. The molecule has 4 nitrogen and oxygen atoms in total. The highest BCUT2D eigenvalue weighted by Crippen LogP contribution is 2.26. The second kappa shape index (κ2) is 6.17. The van der Waals surface area contributed by atoms with Gasteiger partial charge in [-0.15, -0.1) is 0 Å². The van der Waals surface area contributed by atoms with Crippen molar-refractivity contribution in [3.05, 3.63) is 15.9 Å². The van der Waals surface area contributed by atoms with E-state index in [1.54, 1.807) is 0 Å². The van der Waals surface area contributed by atoms with E-state index in [1.165, 1.54) is 5.69 Å². The summed E-state index contributed by atoms with van der Waals surface area (Å²) in [7, 11) is 2.00. The maximum absolute atomic E-state index is 6.35. The number of nitrogens with two attached hydrogens (primary N) is 1. The van der Waals surface area contributed by atoms with Crippen molar-refractivity contribution in [2.45, 2.75) is 38.6 Å². The molecular formula is C13H22BrN3O. The molecule has 1 fully saturated rings. The predicted octanol–water partition coefficient (Wildman–Crippen LogP) is 2.04. The van der Waals surface area contributed by atoms with Gasteiger partial charge in [0.15, 0.2) is 0 Å². The Kier molecular flexibility index (Phi) is 4.81. The fourth-order valence-electron chi connectivity index (χ4n) is 2.58. The van der Waals surface area contributed by atoms with Crippen LogP contribution in [0.1, 0.15) is 31.2 Å². The summed E-state index contributed by atoms with van der Waals surface area (Å²) in [4.78, 5) is 0. The van der Waals surface area contributed by atoms with Crippen LogP contribution >= 0.6 is 15.9 Å². The monoisotopic (exact) mass is 315 g/mol. The lowest BCUT2D eigenvalue weighted by atomic mass is 9.89. The van der Waals surface area contributed by atoms with Crippen LogP contribution < -0.4 is 5.73 Å². The van der Waals surface area contributed by atoms with Gasteiger partial charge in [0.05, 0.1) is 15.9 Å². The lowest BCUT2D eigenvalue weighted by molar-refractivity contribution is 0.0583. The number of hydrogen-bond acceptors (Lipinski definition) is 3. The van der Waals surface area contributed by atoms with Gasteiger partial charge < -0.3 is 10.5 Å². The number of hydrogen-bond donors (Lipinski definition) is 1. The van der Waals surface area contributed by atoms with Crippen LogP contribution in [0, 0.1) is 5.92 Å². The van der Waals surface area contributed by atoms with Gasteiger partial charge in [-0.1, -0.05) is 6.92 Å². The fraction of sp³-hybridized carbons (Fsp3) is 0.769. The topological polar surface area (TPSA) is 53.1 Å². The fourth-order valence-corrected chi connectivity index (χ4v) is 3.35. The standard InChI is InChI=1S/C13H22BrN3O/c1-3-11-13(14)12(17(2)16-11)8-10(15)9-4-6-18-7-5-9/h9-10H,3-8,15H2,1-2H3. The van der Waals surface area contributed by atoms with Crippen molar-refractivity contribution >= 4 is 15.9 Å². The zero-order valence-electron chi connectivity index (χ0n) is 11.2. The van der Waals surface area contributed by atoms with Crippen LogP contribution in [0.4, 0.5) is 0 Å². The SMILES string of the molecule is CCc1nn(C)c(CC(N)C2CCOCC2)c1Br. The molecule has 0 aromatic carbocycles. The number of halogens is 1. The first-order valence-electron chi connectivity index (χ1n) is 6.67. The minimum Gasteiger partial charge on any atom is -0.381 e. The molecular weight excluding hydrogens is 294 g/mol. The summed E-state index contributed by atoms with van der Waals surface area (Å²) >= 11 is 3.65. The van der Waals surface area contributed by atoms with Gasteiger partial charge in [0.25, 0.3) is 0 Å². The van der Waals surface area contributed by atoms with Gasteiger partial charge >= 0.3 is 0 Å². The van der Waals surface area contributed by atoms with Crippen molar-refractivity contribution in [2.24, 2.45) is 18.7 Å². The van der Waals surface area contributed by atoms with Crippen LogP contribution in [-0.2, 0) is 24.6 Å². The number of aromatic nitrogens is 2. The Hall–Kier alpha value is -0.390. The molecule has 18 heavy (non-hydrogen) atoms. The third kappa shape index (κ3) is 2.95. The number of ether oxygens (including phenoxy) is 1. The summed E-state index contributed by atoms with van der Waals surface area (Å²) in [6.07, 6.45) is 3.99. The smallest absolute Gasteiger partial charge is 0.0766 e. The van der Waals surface area contributed by atoms with Crippen LogP contribution in [-0.4, -0.2) is 29.0 Å². The van der Waals surface area contributed by atoms with E-state index in [1.807, 2.05) is 11.7 Å². The highest BCUT2D eigenvalue weighted by molar-refractivity contribution is 9.10. The van der Waals surface area contributed by atoms with Gasteiger partial charge in [-0.05, 0) is 41.1 Å². The lowest BCUT2D eigenvalue weighted by Gasteiger charge is -2.27. The molecule has 0 amide bonds. The Morgan fingerprint density at radius 3 is 2.72 bits per heavy atom. The third-order valence-electron chi connectivity index (χ3n) is 3.80. The Morgan fingerprint density at radius 2 is 2.17 bits per heavy atom. The van der Waals surface area contributed by atoms with Crippen molar-refractivity contribution in [2.75, 3.05) is 13.2 Å². The summed E-state index contributed by atoms with van der Waals surface area (Å²) in [6, 6.07) is 0.199. The van der Waals surface area contributed by atoms with Gasteiger partial charge in [0, 0.05) is 32.7 Å². The molecule has 1 unspecified atom stereocenters. The summed E-state index contributed by atoms with van der Waals surface area (Å²) < 4.78 is 8.48. The van der Waals surface area contributed by atoms with E-state index in [-0.39, 0.29) is 6.04 Å². The normalized spacial score (nSPS) is 19.1. The van der Waals surface area contributed by atoms with Crippen LogP contribution in [0.25, 0.3) is 0 Å². The molecule has 1 aromatic heterocycles. The minimum absolute atomic E-state index is 0.199. The average molecular weight is 316 g/mol. The Morgan fingerprint density at radius 1 is 1.50 bits per heavy atom. The number of aryl methyl sites for hydroxylation is 2. The van der Waals surface area contributed by atoms with E-state index in [0.29, 0.717) is 5.92 Å². The maximum Gasteiger partial charge on any atom is 0.0766 e. The van der Waals surface area contributed by atoms with Gasteiger partial charge in [-0.25, -0.2) is 0 Å². The molecule has 0 bridgehead atoms. The van der Waals surface area contributed by atoms with Crippen molar-refractivity contribution in [1.82, 2.24) is 9.78 Å². The maximum atomic E-state index is 6.35. The molecule has 0 aliphatic carbocycles. The molecule has 1 aliphatic heterocycles. The van der Waals surface area contributed by atoms with Crippen LogP contribution in [0.15, 0.2) is 4.47 Å². The highest BCUT2D eigenvalue weighted by Gasteiger charge is 2.23. The molecule has 0 saturated carbocycles. The van der Waals surface area contributed by atoms with E-state index < -0.39 is 0 Å². The molecule has 2 heterocycles. The van der Waals surface area contributed by atoms with E-state index in [0.717, 1.165) is 49.1 Å². The largest absolute Gasteiger partial charge is 0.381 e. The Labute approximate surface area is 117 Å². The minimum atomic E-state index is 0.199. The zero-order chi connectivity index (χ0) is 13.1. The van der Waals surface area contributed by atoms with E-state index in [2.05, 4.69) is 28.0 Å². The second-order valence-corrected chi connectivity index (χ2v) is 5.80. The second-order valence-electron chi connectivity index (χ2n) is 5.00. The summed E-state index contributed by atoms with van der Waals surface area (Å²) in [5.41, 5.74) is 8.68. The van der Waals surface area contributed by atoms with E-state index in [4.69, 9.17) is 10.5 Å². The van der Waals surface area contributed by atoms with Gasteiger partial charge in [0.1, 0.15) is 0 Å². The molecule has 2 N–H and O–H groups in total. The van der Waals surface area contributed by atoms with E-state index >= 15 is 0 Å².